The number of carbonyl (C=O) groups is 2. The first-order chi connectivity index (χ1) is 13.5. The van der Waals surface area contributed by atoms with Crippen molar-refractivity contribution in [2.75, 3.05) is 27.2 Å². The number of thiophene rings is 1. The van der Waals surface area contributed by atoms with Crippen molar-refractivity contribution in [3.05, 3.63) is 70.1 Å². The standard InChI is InChI=1S/C21H22ClN3O2S/c1-25(2)13-16(14-8-4-3-5-9-14)24-18(26)12-23-21(27)20-19(22)15-10-6-7-11-17(15)28-20/h3-11,16H,12-13H2,1-2H3,(H,23,27)(H,24,26)/p+1/t16-/m0/s1. The van der Waals surface area contributed by atoms with Gasteiger partial charge in [-0.25, -0.2) is 0 Å². The number of halogens is 1. The van der Waals surface area contributed by atoms with Gasteiger partial charge in [0, 0.05) is 10.1 Å². The van der Waals surface area contributed by atoms with Crippen molar-refractivity contribution in [1.29, 1.82) is 0 Å². The minimum Gasteiger partial charge on any atom is -0.342 e. The van der Waals surface area contributed by atoms with Crippen LogP contribution in [0, 0.1) is 0 Å². The van der Waals surface area contributed by atoms with Crippen molar-refractivity contribution in [2.24, 2.45) is 0 Å². The molecule has 7 heteroatoms. The molecule has 0 fully saturated rings. The Hall–Kier alpha value is -2.41. The summed E-state index contributed by atoms with van der Waals surface area (Å²) < 4.78 is 0.945. The molecule has 1 atom stereocenters. The number of hydrogen-bond donors (Lipinski definition) is 3. The van der Waals surface area contributed by atoms with E-state index in [0.717, 1.165) is 22.2 Å². The topological polar surface area (TPSA) is 62.6 Å². The number of fused-ring (bicyclic) bond motifs is 1. The number of nitrogens with one attached hydrogen (secondary N) is 3. The Morgan fingerprint density at radius 2 is 1.75 bits per heavy atom. The van der Waals surface area contributed by atoms with Gasteiger partial charge >= 0.3 is 0 Å². The molecule has 0 unspecified atom stereocenters. The molecule has 146 valence electrons. The predicted octanol–water partition coefficient (Wildman–Crippen LogP) is 2.29. The molecule has 5 nitrogen and oxygen atoms in total. The smallest absolute Gasteiger partial charge is 0.263 e. The molecule has 0 radical (unpaired) electrons. The van der Waals surface area contributed by atoms with Crippen molar-refractivity contribution >= 4 is 44.8 Å². The molecular formula is C21H23ClN3O2S+. The molecule has 0 saturated heterocycles. The van der Waals surface area contributed by atoms with Crippen LogP contribution in [-0.4, -0.2) is 39.0 Å². The molecule has 0 aliphatic carbocycles. The van der Waals surface area contributed by atoms with Gasteiger partial charge in [-0.3, -0.25) is 9.59 Å². The molecule has 0 saturated carbocycles. The second-order valence-electron chi connectivity index (χ2n) is 6.87. The zero-order chi connectivity index (χ0) is 20.1. The van der Waals surface area contributed by atoms with E-state index in [1.807, 2.05) is 68.7 Å². The van der Waals surface area contributed by atoms with E-state index >= 15 is 0 Å². The summed E-state index contributed by atoms with van der Waals surface area (Å²) in [5.74, 6) is -0.573. The van der Waals surface area contributed by atoms with Crippen molar-refractivity contribution < 1.29 is 14.5 Å². The first-order valence-electron chi connectivity index (χ1n) is 9.04. The van der Waals surface area contributed by atoms with Crippen LogP contribution in [0.1, 0.15) is 21.3 Å². The molecule has 0 spiro atoms. The lowest BCUT2D eigenvalue weighted by atomic mass is 10.1. The second-order valence-corrected chi connectivity index (χ2v) is 8.30. The van der Waals surface area contributed by atoms with Gasteiger partial charge in [0.05, 0.1) is 25.7 Å². The summed E-state index contributed by atoms with van der Waals surface area (Å²) in [6.45, 7) is 0.640. The lowest BCUT2D eigenvalue weighted by molar-refractivity contribution is -0.860. The summed E-state index contributed by atoms with van der Waals surface area (Å²) in [6, 6.07) is 17.3. The van der Waals surface area contributed by atoms with Crippen molar-refractivity contribution in [3.63, 3.8) is 0 Å². The van der Waals surface area contributed by atoms with Crippen LogP contribution in [-0.2, 0) is 4.79 Å². The highest BCUT2D eigenvalue weighted by molar-refractivity contribution is 7.21. The molecular weight excluding hydrogens is 394 g/mol. The third kappa shape index (κ3) is 4.90. The molecule has 2 aromatic carbocycles. The summed E-state index contributed by atoms with van der Waals surface area (Å²) in [6.07, 6.45) is 0. The molecule has 28 heavy (non-hydrogen) atoms. The number of likely N-dealkylation sites (N-methyl/N-ethyl adjacent to an activating group) is 1. The monoisotopic (exact) mass is 416 g/mol. The lowest BCUT2D eigenvalue weighted by Crippen LogP contribution is -3.06. The fraction of sp³-hybridized carbons (Fsp3) is 0.238. The highest BCUT2D eigenvalue weighted by Gasteiger charge is 2.20. The van der Waals surface area contributed by atoms with Gasteiger partial charge in [-0.2, -0.15) is 0 Å². The van der Waals surface area contributed by atoms with Crippen molar-refractivity contribution in [2.45, 2.75) is 6.04 Å². The Bertz CT molecular complexity index is 972. The average molecular weight is 417 g/mol. The minimum atomic E-state index is -0.337. The zero-order valence-corrected chi connectivity index (χ0v) is 17.4. The molecule has 3 aromatic rings. The third-order valence-corrected chi connectivity index (χ3v) is 5.97. The quantitative estimate of drug-likeness (QED) is 0.553. The van der Waals surface area contributed by atoms with Crippen LogP contribution in [0.25, 0.3) is 10.1 Å². The van der Waals surface area contributed by atoms with Crippen LogP contribution < -0.4 is 15.5 Å². The number of benzene rings is 2. The second kappa shape index (κ2) is 9.19. The zero-order valence-electron chi connectivity index (χ0n) is 15.8. The molecule has 0 aliphatic heterocycles. The van der Waals surface area contributed by atoms with Gasteiger partial charge in [-0.05, 0) is 11.6 Å². The van der Waals surface area contributed by atoms with E-state index < -0.39 is 0 Å². The molecule has 1 aromatic heterocycles. The summed E-state index contributed by atoms with van der Waals surface area (Å²) in [5, 5.41) is 6.96. The highest BCUT2D eigenvalue weighted by Crippen LogP contribution is 2.34. The van der Waals surface area contributed by atoms with E-state index in [1.54, 1.807) is 0 Å². The molecule has 1 heterocycles. The normalized spacial score (nSPS) is 12.1. The van der Waals surface area contributed by atoms with Crippen LogP contribution >= 0.6 is 22.9 Å². The van der Waals surface area contributed by atoms with Crippen LogP contribution in [0.3, 0.4) is 0 Å². The van der Waals surface area contributed by atoms with E-state index in [-0.39, 0.29) is 24.4 Å². The third-order valence-electron chi connectivity index (χ3n) is 4.30. The number of quaternary nitrogens is 1. The van der Waals surface area contributed by atoms with E-state index in [1.165, 1.54) is 16.2 Å². The number of amides is 2. The number of carbonyl (C=O) groups excluding carboxylic acids is 2. The fourth-order valence-electron chi connectivity index (χ4n) is 2.99. The molecule has 0 bridgehead atoms. The fourth-order valence-corrected chi connectivity index (χ4v) is 4.43. The average Bonchev–Trinajstić information content (AvgIpc) is 3.03. The maximum absolute atomic E-state index is 12.5. The number of rotatable bonds is 7. The van der Waals surface area contributed by atoms with Gasteiger partial charge in [-0.1, -0.05) is 60.1 Å². The van der Waals surface area contributed by atoms with E-state index in [0.29, 0.717) is 9.90 Å². The molecule has 3 rings (SSSR count). The van der Waals surface area contributed by atoms with Crippen LogP contribution in [0.15, 0.2) is 54.6 Å². The van der Waals surface area contributed by atoms with E-state index in [2.05, 4.69) is 10.6 Å². The molecule has 0 aliphatic rings. The van der Waals surface area contributed by atoms with Crippen LogP contribution in [0.2, 0.25) is 5.02 Å². The highest BCUT2D eigenvalue weighted by atomic mass is 35.5. The first-order valence-corrected chi connectivity index (χ1v) is 10.2. The number of hydrogen-bond acceptors (Lipinski definition) is 3. The van der Waals surface area contributed by atoms with Gasteiger partial charge in [0.25, 0.3) is 5.91 Å². The Morgan fingerprint density at radius 3 is 2.43 bits per heavy atom. The summed E-state index contributed by atoms with van der Waals surface area (Å²) >= 11 is 7.66. The Balaban J connectivity index is 1.63. The lowest BCUT2D eigenvalue weighted by Gasteiger charge is -2.21. The largest absolute Gasteiger partial charge is 0.342 e. The Morgan fingerprint density at radius 1 is 1.07 bits per heavy atom. The van der Waals surface area contributed by atoms with Gasteiger partial charge in [0.2, 0.25) is 5.91 Å². The molecule has 2 amide bonds. The predicted molar refractivity (Wildman–Crippen MR) is 114 cm³/mol. The summed E-state index contributed by atoms with van der Waals surface area (Å²) in [7, 11) is 4.07. The summed E-state index contributed by atoms with van der Waals surface area (Å²) in [5.41, 5.74) is 1.04. The van der Waals surface area contributed by atoms with Gasteiger partial charge in [0.15, 0.2) is 0 Å². The van der Waals surface area contributed by atoms with Crippen LogP contribution in [0.5, 0.6) is 0 Å². The molecule has 3 N–H and O–H groups in total. The maximum atomic E-state index is 12.5. The summed E-state index contributed by atoms with van der Waals surface area (Å²) in [4.78, 5) is 26.6. The first kappa shape index (κ1) is 20.3. The van der Waals surface area contributed by atoms with Gasteiger partial charge in [0.1, 0.15) is 17.5 Å². The Kier molecular flexibility index (Phi) is 6.67. The SMILES string of the molecule is C[NH+](C)C[C@H](NC(=O)CNC(=O)c1sc2ccccc2c1Cl)c1ccccc1. The van der Waals surface area contributed by atoms with E-state index in [4.69, 9.17) is 11.6 Å². The van der Waals surface area contributed by atoms with Gasteiger partial charge < -0.3 is 15.5 Å². The van der Waals surface area contributed by atoms with E-state index in [9.17, 15) is 9.59 Å². The maximum Gasteiger partial charge on any atom is 0.263 e. The van der Waals surface area contributed by atoms with Crippen molar-refractivity contribution in [3.8, 4) is 0 Å². The van der Waals surface area contributed by atoms with Gasteiger partial charge in [-0.15, -0.1) is 11.3 Å². The van der Waals surface area contributed by atoms with Crippen molar-refractivity contribution in [1.82, 2.24) is 10.6 Å². The van der Waals surface area contributed by atoms with Crippen LogP contribution in [0.4, 0.5) is 0 Å². The Labute approximate surface area is 173 Å². The minimum absolute atomic E-state index is 0.102.